The Morgan fingerprint density at radius 2 is 1.91 bits per heavy atom. The molecule has 1 unspecified atom stereocenters. The maximum absolute atomic E-state index is 12.9. The number of nitriles is 1. The monoisotopic (exact) mass is 502 g/mol. The highest BCUT2D eigenvalue weighted by atomic mass is 35.5. The zero-order chi connectivity index (χ0) is 24.5. The van der Waals surface area contributed by atoms with E-state index < -0.39 is 11.9 Å². The van der Waals surface area contributed by atoms with Gasteiger partial charge in [0.05, 0.1) is 17.5 Å². The Hall–Kier alpha value is -3.99. The fourth-order valence-corrected chi connectivity index (χ4v) is 5.51. The maximum atomic E-state index is 12.9. The van der Waals surface area contributed by atoms with Gasteiger partial charge in [-0.3, -0.25) is 0 Å². The summed E-state index contributed by atoms with van der Waals surface area (Å²) < 4.78 is 18.1. The first-order valence-electron chi connectivity index (χ1n) is 10.8. The van der Waals surface area contributed by atoms with Gasteiger partial charge in [-0.05, 0) is 25.1 Å². The first kappa shape index (κ1) is 22.8. The van der Waals surface area contributed by atoms with Gasteiger partial charge in [0.2, 0.25) is 5.88 Å². The summed E-state index contributed by atoms with van der Waals surface area (Å²) >= 11 is 7.70. The van der Waals surface area contributed by atoms with Crippen molar-refractivity contribution in [2.75, 3.05) is 6.61 Å². The van der Waals surface area contributed by atoms with E-state index in [0.29, 0.717) is 33.6 Å². The topological polar surface area (TPSA) is 94.6 Å². The lowest BCUT2D eigenvalue weighted by atomic mass is 9.83. The van der Waals surface area contributed by atoms with Crippen molar-refractivity contribution in [1.29, 1.82) is 5.26 Å². The quantitative estimate of drug-likeness (QED) is 0.251. The van der Waals surface area contributed by atoms with Gasteiger partial charge in [0.25, 0.3) is 0 Å². The number of hydrogen-bond donors (Lipinski definition) is 1. The lowest BCUT2D eigenvalue weighted by Gasteiger charge is -2.27. The van der Waals surface area contributed by atoms with Crippen molar-refractivity contribution in [1.82, 2.24) is 0 Å². The third-order valence-corrected chi connectivity index (χ3v) is 7.31. The van der Waals surface area contributed by atoms with Gasteiger partial charge in [-0.1, -0.05) is 54.1 Å². The molecule has 6 nitrogen and oxygen atoms in total. The van der Waals surface area contributed by atoms with Gasteiger partial charge in [-0.25, -0.2) is 4.79 Å². The Balaban J connectivity index is 1.51. The molecular weight excluding hydrogens is 484 g/mol. The van der Waals surface area contributed by atoms with E-state index in [0.717, 1.165) is 15.6 Å². The number of carbonyl (C=O) groups is 1. The third kappa shape index (κ3) is 4.08. The van der Waals surface area contributed by atoms with Gasteiger partial charge in [0.1, 0.15) is 33.8 Å². The van der Waals surface area contributed by atoms with Crippen molar-refractivity contribution < 1.29 is 19.0 Å². The highest BCUT2D eigenvalue weighted by Crippen LogP contribution is 2.46. The molecule has 0 bridgehead atoms. The molecule has 1 aliphatic heterocycles. The van der Waals surface area contributed by atoms with Gasteiger partial charge in [0.15, 0.2) is 0 Å². The first-order valence-corrected chi connectivity index (χ1v) is 12.0. The Morgan fingerprint density at radius 1 is 1.14 bits per heavy atom. The van der Waals surface area contributed by atoms with E-state index in [-0.39, 0.29) is 17.2 Å². The van der Waals surface area contributed by atoms with Crippen LogP contribution in [0.4, 0.5) is 0 Å². The lowest BCUT2D eigenvalue weighted by molar-refractivity contribution is 0.0740. The molecule has 0 saturated carbocycles. The van der Waals surface area contributed by atoms with Gasteiger partial charge >= 0.3 is 5.97 Å². The summed E-state index contributed by atoms with van der Waals surface area (Å²) in [5.74, 6) is 0.258. The van der Waals surface area contributed by atoms with Gasteiger partial charge < -0.3 is 19.9 Å². The smallest absolute Gasteiger partial charge is 0.355 e. The van der Waals surface area contributed by atoms with E-state index in [1.807, 2.05) is 55.5 Å². The number of nitrogens with zero attached hydrogens (tertiary/aromatic N) is 1. The van der Waals surface area contributed by atoms with Crippen molar-refractivity contribution in [3.8, 4) is 23.3 Å². The molecule has 35 heavy (non-hydrogen) atoms. The van der Waals surface area contributed by atoms with Crippen LogP contribution < -0.4 is 19.9 Å². The summed E-state index contributed by atoms with van der Waals surface area (Å²) in [5.41, 5.74) is 7.92. The van der Waals surface area contributed by atoms with Crippen LogP contribution in [-0.4, -0.2) is 12.6 Å². The van der Waals surface area contributed by atoms with Crippen LogP contribution in [-0.2, 0) is 0 Å². The molecule has 174 valence electrons. The van der Waals surface area contributed by atoms with Crippen molar-refractivity contribution >= 4 is 39.0 Å². The van der Waals surface area contributed by atoms with Crippen LogP contribution in [0.3, 0.4) is 0 Å². The molecule has 0 spiro atoms. The molecule has 0 aliphatic carbocycles. The third-order valence-electron chi connectivity index (χ3n) is 5.65. The van der Waals surface area contributed by atoms with Gasteiger partial charge in [0, 0.05) is 27.3 Å². The molecule has 0 saturated heterocycles. The molecule has 2 heterocycles. The molecule has 1 aliphatic rings. The number of benzene rings is 3. The highest BCUT2D eigenvalue weighted by molar-refractivity contribution is 7.21. The number of esters is 1. The van der Waals surface area contributed by atoms with Crippen LogP contribution >= 0.6 is 22.9 Å². The molecule has 2 N–H and O–H groups in total. The Labute approximate surface area is 210 Å². The number of hydrogen-bond acceptors (Lipinski definition) is 7. The normalized spacial score (nSPS) is 14.7. The van der Waals surface area contributed by atoms with E-state index in [4.69, 9.17) is 31.5 Å². The molecule has 5 rings (SSSR count). The molecule has 1 aromatic heterocycles. The molecule has 4 aromatic rings. The van der Waals surface area contributed by atoms with Crippen LogP contribution in [0.2, 0.25) is 5.02 Å². The first-order chi connectivity index (χ1) is 17.0. The Kier molecular flexibility index (Phi) is 6.08. The summed E-state index contributed by atoms with van der Waals surface area (Å²) in [6.45, 7) is 2.37. The highest BCUT2D eigenvalue weighted by Gasteiger charge is 2.33. The van der Waals surface area contributed by atoms with E-state index in [2.05, 4.69) is 6.07 Å². The molecule has 0 amide bonds. The number of fused-ring (bicyclic) bond motifs is 2. The zero-order valence-corrected chi connectivity index (χ0v) is 20.2. The van der Waals surface area contributed by atoms with Crippen molar-refractivity contribution in [2.45, 2.75) is 12.8 Å². The number of carbonyl (C=O) groups excluding carboxylic acids is 1. The second-order valence-corrected chi connectivity index (χ2v) is 9.16. The van der Waals surface area contributed by atoms with Gasteiger partial charge in [-0.15, -0.1) is 11.3 Å². The standard InChI is InChI=1S/C27H19ClN2O4S/c1-2-32-20-9-5-3-7-16(20)23-17-12-11-15(13-21(17)34-26(30)19(23)14-29)33-27(31)25-24(28)18-8-4-6-10-22(18)35-25/h3-13,23H,2,30H2,1H3. The Morgan fingerprint density at radius 3 is 2.69 bits per heavy atom. The lowest BCUT2D eigenvalue weighted by Crippen LogP contribution is -2.21. The number of ether oxygens (including phenoxy) is 3. The Bertz CT molecular complexity index is 1540. The summed E-state index contributed by atoms with van der Waals surface area (Å²) in [6.07, 6.45) is 0. The van der Waals surface area contributed by atoms with Crippen molar-refractivity contribution in [2.24, 2.45) is 5.73 Å². The number of rotatable bonds is 5. The van der Waals surface area contributed by atoms with E-state index in [9.17, 15) is 10.1 Å². The minimum absolute atomic E-state index is 0.00710. The molecule has 0 fully saturated rings. The molecule has 1 atom stereocenters. The van der Waals surface area contributed by atoms with Crippen LogP contribution in [0.15, 0.2) is 78.2 Å². The molecule has 0 radical (unpaired) electrons. The van der Waals surface area contributed by atoms with Crippen molar-refractivity contribution in [3.05, 3.63) is 99.2 Å². The molecule has 3 aromatic carbocycles. The minimum Gasteiger partial charge on any atom is -0.494 e. The average molecular weight is 503 g/mol. The zero-order valence-electron chi connectivity index (χ0n) is 18.6. The van der Waals surface area contributed by atoms with Crippen LogP contribution in [0.5, 0.6) is 17.2 Å². The summed E-state index contributed by atoms with van der Waals surface area (Å²) in [7, 11) is 0. The SMILES string of the molecule is CCOc1ccccc1C1C(C#N)=C(N)Oc2cc(OC(=O)c3sc4ccccc4c3Cl)ccc21. The second-order valence-electron chi connectivity index (χ2n) is 7.73. The fourth-order valence-electron chi connectivity index (χ4n) is 4.12. The number of para-hydroxylation sites is 1. The average Bonchev–Trinajstić information content (AvgIpc) is 3.20. The van der Waals surface area contributed by atoms with E-state index >= 15 is 0 Å². The summed E-state index contributed by atoms with van der Waals surface area (Å²) in [4.78, 5) is 13.2. The predicted octanol–water partition coefficient (Wildman–Crippen LogP) is 6.39. The van der Waals surface area contributed by atoms with Crippen molar-refractivity contribution in [3.63, 3.8) is 0 Å². The van der Waals surface area contributed by atoms with E-state index in [1.54, 1.807) is 18.2 Å². The largest absolute Gasteiger partial charge is 0.494 e. The predicted molar refractivity (Wildman–Crippen MR) is 135 cm³/mol. The van der Waals surface area contributed by atoms with Crippen LogP contribution in [0, 0.1) is 11.3 Å². The summed E-state index contributed by atoms with van der Waals surface area (Å²) in [5, 5.41) is 11.0. The number of halogens is 1. The van der Waals surface area contributed by atoms with Crippen LogP contribution in [0.1, 0.15) is 33.6 Å². The number of thiophene rings is 1. The maximum Gasteiger partial charge on any atom is 0.355 e. The summed E-state index contributed by atoms with van der Waals surface area (Å²) in [6, 6.07) is 22.2. The number of allylic oxidation sites excluding steroid dienone is 1. The second kappa shape index (κ2) is 9.34. The molecule has 8 heteroatoms. The van der Waals surface area contributed by atoms with Gasteiger partial charge in [-0.2, -0.15) is 5.26 Å². The number of nitrogens with two attached hydrogens (primary N) is 1. The molecular formula is C27H19ClN2O4S. The minimum atomic E-state index is -0.563. The fraction of sp³-hybridized carbons (Fsp3) is 0.111. The van der Waals surface area contributed by atoms with E-state index in [1.165, 1.54) is 11.3 Å². The van der Waals surface area contributed by atoms with Crippen LogP contribution in [0.25, 0.3) is 10.1 Å².